The van der Waals surface area contributed by atoms with Gasteiger partial charge in [0, 0.05) is 46.4 Å². The van der Waals surface area contributed by atoms with E-state index in [0.29, 0.717) is 12.5 Å². The summed E-state index contributed by atoms with van der Waals surface area (Å²) in [5.41, 5.74) is 5.96. The van der Waals surface area contributed by atoms with Gasteiger partial charge in [-0.25, -0.2) is 9.78 Å². The number of hydrogen-bond donors (Lipinski definition) is 0. The molecular weight excluding hydrogens is 412 g/mol. The van der Waals surface area contributed by atoms with Gasteiger partial charge in [0.15, 0.2) is 0 Å². The number of fused-ring (bicyclic) bond motifs is 1. The first kappa shape index (κ1) is 21.7. The third kappa shape index (κ3) is 4.40. The highest BCUT2D eigenvalue weighted by Gasteiger charge is 2.25. The molecule has 1 aromatic heterocycles. The van der Waals surface area contributed by atoms with Crippen molar-refractivity contribution < 1.29 is 9.53 Å². The van der Waals surface area contributed by atoms with Crippen molar-refractivity contribution in [2.24, 2.45) is 0 Å². The summed E-state index contributed by atoms with van der Waals surface area (Å²) < 4.78 is 7.86. The molecule has 3 aromatic rings. The summed E-state index contributed by atoms with van der Waals surface area (Å²) in [5, 5.41) is 0. The van der Waals surface area contributed by atoms with Gasteiger partial charge in [0.1, 0.15) is 5.82 Å². The minimum Gasteiger partial charge on any atom is -0.381 e. The molecule has 0 bridgehead atoms. The molecule has 2 amide bonds. The van der Waals surface area contributed by atoms with Gasteiger partial charge >= 0.3 is 6.03 Å². The number of urea groups is 1. The molecule has 0 spiro atoms. The molecular formula is C27H32N4O2. The molecule has 33 heavy (non-hydrogen) atoms. The number of carbonyl (C=O) groups excluding carboxylic acids is 1. The Labute approximate surface area is 195 Å². The van der Waals surface area contributed by atoms with Gasteiger partial charge in [-0.1, -0.05) is 42.5 Å². The number of imidazole rings is 1. The molecule has 0 saturated carbocycles. The van der Waals surface area contributed by atoms with E-state index in [1.807, 2.05) is 11.9 Å². The second-order valence-corrected chi connectivity index (χ2v) is 9.02. The van der Waals surface area contributed by atoms with E-state index in [0.717, 1.165) is 68.2 Å². The lowest BCUT2D eigenvalue weighted by Crippen LogP contribution is -2.28. The Hall–Kier alpha value is -3.12. The molecule has 5 rings (SSSR count). The number of ether oxygens (including phenoxy) is 1. The van der Waals surface area contributed by atoms with E-state index in [2.05, 4.69) is 66.1 Å². The average molecular weight is 445 g/mol. The van der Waals surface area contributed by atoms with Crippen LogP contribution in [-0.4, -0.2) is 58.7 Å². The van der Waals surface area contributed by atoms with Gasteiger partial charge in [-0.05, 0) is 54.5 Å². The predicted molar refractivity (Wildman–Crippen MR) is 132 cm³/mol. The molecule has 0 radical (unpaired) electrons. The van der Waals surface area contributed by atoms with Gasteiger partial charge in [-0.15, -0.1) is 0 Å². The normalized spacial score (nSPS) is 17.7. The van der Waals surface area contributed by atoms with Crippen molar-refractivity contribution in [3.05, 3.63) is 65.0 Å². The van der Waals surface area contributed by atoms with Crippen LogP contribution >= 0.6 is 0 Å². The Morgan fingerprint density at radius 2 is 1.85 bits per heavy atom. The maximum atomic E-state index is 12.1. The van der Waals surface area contributed by atoms with Gasteiger partial charge in [0.25, 0.3) is 0 Å². The fourth-order valence-corrected chi connectivity index (χ4v) is 4.96. The van der Waals surface area contributed by atoms with Crippen LogP contribution in [0.15, 0.2) is 42.5 Å². The minimum atomic E-state index is 0.109. The zero-order chi connectivity index (χ0) is 22.8. The van der Waals surface area contributed by atoms with E-state index in [-0.39, 0.29) is 6.03 Å². The molecule has 0 aliphatic carbocycles. The smallest absolute Gasteiger partial charge is 0.320 e. The third-order valence-corrected chi connectivity index (χ3v) is 6.90. The van der Waals surface area contributed by atoms with E-state index in [1.165, 1.54) is 11.1 Å². The Morgan fingerprint density at radius 1 is 1.06 bits per heavy atom. The molecule has 3 heterocycles. The maximum absolute atomic E-state index is 12.1. The molecule has 6 heteroatoms. The van der Waals surface area contributed by atoms with Crippen LogP contribution in [0.5, 0.6) is 0 Å². The molecule has 2 aliphatic rings. The van der Waals surface area contributed by atoms with Crippen LogP contribution in [0, 0.1) is 0 Å². The highest BCUT2D eigenvalue weighted by molar-refractivity contribution is 5.83. The zero-order valence-corrected chi connectivity index (χ0v) is 19.5. The fraction of sp³-hybridized carbons (Fsp3) is 0.407. The van der Waals surface area contributed by atoms with Crippen molar-refractivity contribution in [3.63, 3.8) is 0 Å². The lowest BCUT2D eigenvalue weighted by atomic mass is 9.91. The van der Waals surface area contributed by atoms with Gasteiger partial charge < -0.3 is 19.1 Å². The number of benzene rings is 2. The largest absolute Gasteiger partial charge is 0.381 e. The molecule has 6 nitrogen and oxygen atoms in total. The van der Waals surface area contributed by atoms with Crippen LogP contribution in [0.25, 0.3) is 23.2 Å². The number of amides is 2. The van der Waals surface area contributed by atoms with Crippen molar-refractivity contribution >= 4 is 29.2 Å². The Balaban J connectivity index is 1.36. The topological polar surface area (TPSA) is 50.6 Å². The summed E-state index contributed by atoms with van der Waals surface area (Å²) in [6.45, 7) is 6.97. The van der Waals surface area contributed by atoms with Gasteiger partial charge in [0.2, 0.25) is 0 Å². The number of rotatable bonds is 6. The number of nitrogens with zero attached hydrogens (tertiary/aromatic N) is 4. The first-order chi connectivity index (χ1) is 16.1. The van der Waals surface area contributed by atoms with E-state index in [4.69, 9.17) is 9.72 Å². The van der Waals surface area contributed by atoms with Crippen LogP contribution in [-0.2, 0) is 17.8 Å². The number of para-hydroxylation sites is 1. The number of carbonyl (C=O) groups is 1. The molecule has 2 aromatic carbocycles. The highest BCUT2D eigenvalue weighted by Crippen LogP contribution is 2.32. The average Bonchev–Trinajstić information content (AvgIpc) is 3.38. The number of hydrogen-bond acceptors (Lipinski definition) is 3. The lowest BCUT2D eigenvalue weighted by molar-refractivity contribution is 0.0856. The summed E-state index contributed by atoms with van der Waals surface area (Å²) >= 11 is 0. The molecule has 172 valence electrons. The molecule has 2 aliphatic heterocycles. The van der Waals surface area contributed by atoms with Crippen molar-refractivity contribution in [1.29, 1.82) is 0 Å². The summed E-state index contributed by atoms with van der Waals surface area (Å²) in [5.74, 6) is 1.51. The van der Waals surface area contributed by atoms with Crippen LogP contribution in [0.4, 0.5) is 4.79 Å². The van der Waals surface area contributed by atoms with Gasteiger partial charge in [0.05, 0.1) is 11.0 Å². The minimum absolute atomic E-state index is 0.109. The summed E-state index contributed by atoms with van der Waals surface area (Å²) in [7, 11) is 1.85. The standard InChI is InChI=1S/C27H32N4O2/c1-3-31-24-6-4-5-23(22-13-17-33-18-14-22)26(24)28-25(31)12-11-20-7-9-21(10-8-20)19-30-16-15-29(2)27(30)32/h4-12,22H,3,13-19H2,1-2H3/b12-11+. The predicted octanol–water partition coefficient (Wildman–Crippen LogP) is 4.99. The van der Waals surface area contributed by atoms with Crippen LogP contribution < -0.4 is 0 Å². The quantitative estimate of drug-likeness (QED) is 0.538. The van der Waals surface area contributed by atoms with Crippen molar-refractivity contribution in [3.8, 4) is 0 Å². The van der Waals surface area contributed by atoms with Crippen LogP contribution in [0.2, 0.25) is 0 Å². The second-order valence-electron chi connectivity index (χ2n) is 9.02. The van der Waals surface area contributed by atoms with Crippen molar-refractivity contribution in [1.82, 2.24) is 19.4 Å². The van der Waals surface area contributed by atoms with E-state index < -0.39 is 0 Å². The molecule has 0 atom stereocenters. The van der Waals surface area contributed by atoms with Gasteiger partial charge in [-0.3, -0.25) is 0 Å². The fourth-order valence-electron chi connectivity index (χ4n) is 4.96. The third-order valence-electron chi connectivity index (χ3n) is 6.90. The first-order valence-corrected chi connectivity index (χ1v) is 12.0. The second kappa shape index (κ2) is 9.40. The van der Waals surface area contributed by atoms with E-state index in [9.17, 15) is 4.79 Å². The monoisotopic (exact) mass is 444 g/mol. The Kier molecular flexibility index (Phi) is 6.18. The number of likely N-dealkylation sites (N-methyl/N-ethyl adjacent to an activating group) is 1. The SMILES string of the molecule is CCn1c(/C=C/c2ccc(CN3CCN(C)C3=O)cc2)nc2c(C3CCOCC3)cccc21. The maximum Gasteiger partial charge on any atom is 0.320 e. The Morgan fingerprint density at radius 3 is 2.55 bits per heavy atom. The summed E-state index contributed by atoms with van der Waals surface area (Å²) in [4.78, 5) is 20.8. The van der Waals surface area contributed by atoms with Crippen LogP contribution in [0.1, 0.15) is 48.2 Å². The molecule has 2 saturated heterocycles. The summed E-state index contributed by atoms with van der Waals surface area (Å²) in [6.07, 6.45) is 6.37. The van der Waals surface area contributed by atoms with Crippen molar-refractivity contribution in [2.75, 3.05) is 33.4 Å². The number of aryl methyl sites for hydroxylation is 1. The number of aromatic nitrogens is 2. The lowest BCUT2D eigenvalue weighted by Gasteiger charge is -2.22. The van der Waals surface area contributed by atoms with E-state index >= 15 is 0 Å². The van der Waals surface area contributed by atoms with Crippen LogP contribution in [0.3, 0.4) is 0 Å². The summed E-state index contributed by atoms with van der Waals surface area (Å²) in [6, 6.07) is 15.1. The first-order valence-electron chi connectivity index (χ1n) is 12.0. The zero-order valence-electron chi connectivity index (χ0n) is 19.5. The van der Waals surface area contributed by atoms with Crippen molar-refractivity contribution in [2.45, 2.75) is 38.8 Å². The Bertz CT molecular complexity index is 1160. The molecule has 0 unspecified atom stereocenters. The van der Waals surface area contributed by atoms with Gasteiger partial charge in [-0.2, -0.15) is 0 Å². The molecule has 0 N–H and O–H groups in total. The van der Waals surface area contributed by atoms with E-state index in [1.54, 1.807) is 4.90 Å². The molecule has 2 fully saturated rings. The highest BCUT2D eigenvalue weighted by atomic mass is 16.5.